The third-order valence-corrected chi connectivity index (χ3v) is 5.30. The number of hydrogen-bond donors (Lipinski definition) is 3. The number of nitrogens with zero attached hydrogens (tertiary/aromatic N) is 6. The normalized spacial score (nSPS) is 26.5. The van der Waals surface area contributed by atoms with Crippen molar-refractivity contribution in [3.63, 3.8) is 0 Å². The monoisotopic (exact) mass is 363 g/mol. The first-order chi connectivity index (χ1) is 12.1. The summed E-state index contributed by atoms with van der Waals surface area (Å²) in [7, 11) is 1.89. The number of aromatic nitrogens is 6. The van der Waals surface area contributed by atoms with Crippen molar-refractivity contribution in [3.8, 4) is 0 Å². The van der Waals surface area contributed by atoms with Crippen LogP contribution in [-0.4, -0.2) is 63.3 Å². The number of nitrogens with two attached hydrogens (primary N) is 1. The van der Waals surface area contributed by atoms with E-state index in [1.165, 1.54) is 24.4 Å². The Bertz CT molecular complexity index is 898. The van der Waals surface area contributed by atoms with Crippen LogP contribution in [0, 0.1) is 0 Å². The van der Waals surface area contributed by atoms with Gasteiger partial charge in [0.05, 0.1) is 12.4 Å². The second kappa shape index (κ2) is 6.26. The zero-order chi connectivity index (χ0) is 17.6. The van der Waals surface area contributed by atoms with Gasteiger partial charge in [0, 0.05) is 25.2 Å². The summed E-state index contributed by atoms with van der Waals surface area (Å²) >= 11 is 1.45. The highest BCUT2D eigenvalue weighted by atomic mass is 32.2. The van der Waals surface area contributed by atoms with E-state index >= 15 is 0 Å². The van der Waals surface area contributed by atoms with Crippen LogP contribution in [0.3, 0.4) is 0 Å². The summed E-state index contributed by atoms with van der Waals surface area (Å²) < 4.78 is 9.32. The molecule has 4 heterocycles. The van der Waals surface area contributed by atoms with Gasteiger partial charge < -0.3 is 25.3 Å². The minimum absolute atomic E-state index is 0.249. The number of ether oxygens (including phenoxy) is 1. The molecule has 0 aliphatic carbocycles. The molecule has 0 spiro atoms. The first-order valence-electron chi connectivity index (χ1n) is 7.61. The Morgan fingerprint density at radius 3 is 2.84 bits per heavy atom. The summed E-state index contributed by atoms with van der Waals surface area (Å²) in [6, 6.07) is 0. The maximum Gasteiger partial charge on any atom is 0.167 e. The lowest BCUT2D eigenvalue weighted by Gasteiger charge is -2.16. The van der Waals surface area contributed by atoms with Crippen LogP contribution in [0.4, 0.5) is 5.82 Å². The Morgan fingerprint density at radius 2 is 2.08 bits per heavy atom. The molecule has 3 aromatic heterocycles. The molecule has 3 aromatic rings. The smallest absolute Gasteiger partial charge is 0.167 e. The van der Waals surface area contributed by atoms with Gasteiger partial charge in [0.1, 0.15) is 24.1 Å². The predicted molar refractivity (Wildman–Crippen MR) is 89.6 cm³/mol. The molecule has 132 valence electrons. The Balaban J connectivity index is 1.55. The summed E-state index contributed by atoms with van der Waals surface area (Å²) in [5.41, 5.74) is 6.66. The number of thioether (sulfide) groups is 1. The molecule has 1 aliphatic heterocycles. The Kier molecular flexibility index (Phi) is 4.07. The Morgan fingerprint density at radius 1 is 1.24 bits per heavy atom. The van der Waals surface area contributed by atoms with Gasteiger partial charge in [-0.2, -0.15) is 0 Å². The molecular weight excluding hydrogens is 346 g/mol. The van der Waals surface area contributed by atoms with Gasteiger partial charge in [-0.15, -0.1) is 0 Å². The highest BCUT2D eigenvalue weighted by Gasteiger charge is 2.44. The van der Waals surface area contributed by atoms with E-state index in [9.17, 15) is 10.2 Å². The predicted octanol–water partition coefficient (Wildman–Crippen LogP) is -0.447. The first-order valence-corrected chi connectivity index (χ1v) is 8.59. The van der Waals surface area contributed by atoms with Crippen molar-refractivity contribution in [3.05, 3.63) is 25.0 Å². The summed E-state index contributed by atoms with van der Waals surface area (Å²) in [4.78, 5) is 16.4. The Hall–Kier alpha value is -2.21. The van der Waals surface area contributed by atoms with Gasteiger partial charge in [-0.3, -0.25) is 4.57 Å². The maximum absolute atomic E-state index is 10.4. The molecular formula is C14H17N7O3S. The van der Waals surface area contributed by atoms with Crippen molar-refractivity contribution in [1.29, 1.82) is 0 Å². The van der Waals surface area contributed by atoms with E-state index in [0.717, 1.165) is 5.16 Å². The fourth-order valence-electron chi connectivity index (χ4n) is 2.80. The summed E-state index contributed by atoms with van der Waals surface area (Å²) in [5.74, 6) is 0.697. The maximum atomic E-state index is 10.4. The van der Waals surface area contributed by atoms with Crippen LogP contribution in [0.2, 0.25) is 0 Å². The molecule has 25 heavy (non-hydrogen) atoms. The van der Waals surface area contributed by atoms with Crippen molar-refractivity contribution in [2.45, 2.75) is 29.7 Å². The number of aliphatic hydroxyl groups is 2. The molecule has 1 saturated heterocycles. The van der Waals surface area contributed by atoms with E-state index in [1.807, 2.05) is 17.8 Å². The fourth-order valence-corrected chi connectivity index (χ4v) is 3.79. The minimum Gasteiger partial charge on any atom is -0.387 e. The number of fused-ring (bicyclic) bond motifs is 1. The van der Waals surface area contributed by atoms with Gasteiger partial charge in [0.2, 0.25) is 0 Å². The molecule has 10 nitrogen and oxygen atoms in total. The quantitative estimate of drug-likeness (QED) is 0.526. The van der Waals surface area contributed by atoms with Crippen LogP contribution in [0.5, 0.6) is 0 Å². The molecule has 4 N–H and O–H groups in total. The zero-order valence-electron chi connectivity index (χ0n) is 13.3. The van der Waals surface area contributed by atoms with Gasteiger partial charge in [-0.1, -0.05) is 11.8 Å². The molecule has 0 bridgehead atoms. The number of hydrogen-bond acceptors (Lipinski definition) is 9. The van der Waals surface area contributed by atoms with Crippen LogP contribution >= 0.6 is 11.8 Å². The van der Waals surface area contributed by atoms with E-state index in [1.54, 1.807) is 10.8 Å². The van der Waals surface area contributed by atoms with Crippen molar-refractivity contribution < 1.29 is 14.9 Å². The molecule has 0 saturated carbocycles. The summed E-state index contributed by atoms with van der Waals surface area (Å²) in [6.45, 7) is 0. The molecule has 0 radical (unpaired) electrons. The highest BCUT2D eigenvalue weighted by Crippen LogP contribution is 2.34. The van der Waals surface area contributed by atoms with Crippen LogP contribution in [0.25, 0.3) is 11.2 Å². The highest BCUT2D eigenvalue weighted by molar-refractivity contribution is 7.99. The van der Waals surface area contributed by atoms with E-state index in [-0.39, 0.29) is 5.82 Å². The number of aliphatic hydroxyl groups excluding tert-OH is 2. The first kappa shape index (κ1) is 16.3. The number of nitrogen functional groups attached to an aromatic ring is 1. The molecule has 0 aromatic carbocycles. The summed E-state index contributed by atoms with van der Waals surface area (Å²) in [5, 5.41) is 21.6. The van der Waals surface area contributed by atoms with Gasteiger partial charge in [-0.25, -0.2) is 19.9 Å². The summed E-state index contributed by atoms with van der Waals surface area (Å²) in [6.07, 6.45) is 2.84. The van der Waals surface area contributed by atoms with Gasteiger partial charge in [0.15, 0.2) is 22.8 Å². The van der Waals surface area contributed by atoms with Crippen LogP contribution < -0.4 is 5.73 Å². The topological polar surface area (TPSA) is 137 Å². The largest absolute Gasteiger partial charge is 0.387 e. The minimum atomic E-state index is -1.11. The van der Waals surface area contributed by atoms with Crippen LogP contribution in [0.1, 0.15) is 6.23 Å². The standard InChI is InChI=1S/C14H17N7O3S/c1-20-3-2-16-14(20)25-4-7-9(22)10(23)13(24-7)21-6-19-8-11(15)17-5-18-12(8)21/h2-3,5-7,9-10,13,22-23H,4H2,1H3,(H2,15,17,18)/t7-,9-,10-,13-/m1/s1. The van der Waals surface area contributed by atoms with Crippen LogP contribution in [-0.2, 0) is 11.8 Å². The SMILES string of the molecule is Cn1ccnc1SC[C@H]1O[C@@H](n2cnc3c(N)ncnc32)[C@H](O)[C@@H]1O. The lowest BCUT2D eigenvalue weighted by molar-refractivity contribution is -0.0289. The fraction of sp³-hybridized carbons (Fsp3) is 0.429. The average molecular weight is 363 g/mol. The molecule has 4 rings (SSSR count). The average Bonchev–Trinajstić information content (AvgIpc) is 3.27. The van der Waals surface area contributed by atoms with Gasteiger partial charge in [-0.05, 0) is 0 Å². The van der Waals surface area contributed by atoms with Crippen molar-refractivity contribution in [1.82, 2.24) is 29.1 Å². The van der Waals surface area contributed by atoms with Crippen molar-refractivity contribution in [2.24, 2.45) is 7.05 Å². The van der Waals surface area contributed by atoms with E-state index in [2.05, 4.69) is 19.9 Å². The van der Waals surface area contributed by atoms with E-state index < -0.39 is 24.5 Å². The van der Waals surface area contributed by atoms with E-state index in [0.29, 0.717) is 16.9 Å². The Labute approximate surface area is 146 Å². The third-order valence-electron chi connectivity index (χ3n) is 4.15. The van der Waals surface area contributed by atoms with E-state index in [4.69, 9.17) is 10.5 Å². The molecule has 1 fully saturated rings. The van der Waals surface area contributed by atoms with Crippen molar-refractivity contribution >= 4 is 28.7 Å². The molecule has 11 heteroatoms. The molecule has 1 aliphatic rings. The lowest BCUT2D eigenvalue weighted by Crippen LogP contribution is -2.32. The van der Waals surface area contributed by atoms with Crippen LogP contribution in [0.15, 0.2) is 30.2 Å². The molecule has 0 unspecified atom stereocenters. The second-order valence-electron chi connectivity index (χ2n) is 5.76. The number of imidazole rings is 2. The number of aryl methyl sites for hydroxylation is 1. The number of anilines is 1. The molecule has 0 amide bonds. The molecule has 4 atom stereocenters. The van der Waals surface area contributed by atoms with Crippen molar-refractivity contribution in [2.75, 3.05) is 11.5 Å². The zero-order valence-corrected chi connectivity index (χ0v) is 14.1. The second-order valence-corrected chi connectivity index (χ2v) is 6.75. The van der Waals surface area contributed by atoms with Gasteiger partial charge in [0.25, 0.3) is 0 Å². The lowest BCUT2D eigenvalue weighted by atomic mass is 10.1. The third kappa shape index (κ3) is 2.74. The van der Waals surface area contributed by atoms with Gasteiger partial charge >= 0.3 is 0 Å². The number of rotatable bonds is 4.